The molecule has 0 saturated heterocycles. The van der Waals surface area contributed by atoms with Gasteiger partial charge in [-0.05, 0) is 49.2 Å². The van der Waals surface area contributed by atoms with Crippen molar-refractivity contribution >= 4 is 29.1 Å². The Morgan fingerprint density at radius 2 is 1.19 bits per heavy atom. The first kappa shape index (κ1) is 24.2. The van der Waals surface area contributed by atoms with Crippen molar-refractivity contribution in [3.8, 4) is 0 Å². The maximum absolute atomic E-state index is 12.9. The zero-order valence-corrected chi connectivity index (χ0v) is 20.5. The molecule has 0 fully saturated rings. The summed E-state index contributed by atoms with van der Waals surface area (Å²) in [6.07, 6.45) is 10.1. The van der Waals surface area contributed by atoms with E-state index in [1.807, 2.05) is 12.1 Å². The Balaban J connectivity index is 2.07. The maximum atomic E-state index is 12.9. The van der Waals surface area contributed by atoms with E-state index < -0.39 is 7.26 Å². The summed E-state index contributed by atoms with van der Waals surface area (Å²) >= 11 is 0. The highest BCUT2D eigenvalue weighted by molar-refractivity contribution is 7.95. The van der Waals surface area contributed by atoms with Crippen LogP contribution in [0.15, 0.2) is 84.9 Å². The van der Waals surface area contributed by atoms with Crippen molar-refractivity contribution < 1.29 is 4.79 Å². The molecule has 32 heavy (non-hydrogen) atoms. The van der Waals surface area contributed by atoms with Gasteiger partial charge in [0.05, 0.1) is 11.7 Å². The predicted octanol–water partition coefficient (Wildman–Crippen LogP) is 6.09. The van der Waals surface area contributed by atoms with Gasteiger partial charge in [0, 0.05) is 7.05 Å². The van der Waals surface area contributed by atoms with Crippen LogP contribution >= 0.6 is 7.26 Å². The molecule has 3 heteroatoms. The molecule has 0 bridgehead atoms. The molecule has 0 spiro atoms. The summed E-state index contributed by atoms with van der Waals surface area (Å²) in [6.45, 7) is 2.27. The molecule has 3 aromatic carbocycles. The fourth-order valence-electron chi connectivity index (χ4n) is 4.61. The standard InChI is InChI=1S/C29H36NOP/c1-3-4-5-6-7-8-17-24-32(25-18-11-9-12-19-25,26-20-13-10-14-21-26)28-23-16-15-22-27(28)29(31)30-2/h9-16,18-23H,3-8,17,24H2,1-2H3/p+1. The monoisotopic (exact) mass is 446 g/mol. The molecule has 0 heterocycles. The van der Waals surface area contributed by atoms with Gasteiger partial charge in [-0.15, -0.1) is 0 Å². The fraction of sp³-hybridized carbons (Fsp3) is 0.345. The van der Waals surface area contributed by atoms with Gasteiger partial charge in [0.2, 0.25) is 0 Å². The molecule has 2 nitrogen and oxygen atoms in total. The normalized spacial score (nSPS) is 11.3. The zero-order chi connectivity index (χ0) is 22.7. The van der Waals surface area contributed by atoms with Crippen molar-refractivity contribution in [2.75, 3.05) is 13.2 Å². The van der Waals surface area contributed by atoms with Crippen LogP contribution in [0.3, 0.4) is 0 Å². The van der Waals surface area contributed by atoms with Gasteiger partial charge in [0.1, 0.15) is 23.2 Å². The number of hydrogen-bond acceptors (Lipinski definition) is 1. The molecule has 1 N–H and O–H groups in total. The Labute approximate surface area is 194 Å². The third kappa shape index (κ3) is 5.67. The smallest absolute Gasteiger partial charge is 0.255 e. The quantitative estimate of drug-likeness (QED) is 0.265. The molecular weight excluding hydrogens is 409 g/mol. The molecule has 0 atom stereocenters. The minimum Gasteiger partial charge on any atom is -0.355 e. The van der Waals surface area contributed by atoms with Gasteiger partial charge in [-0.25, -0.2) is 0 Å². The van der Waals surface area contributed by atoms with Gasteiger partial charge in [-0.2, -0.15) is 0 Å². The molecule has 0 aliphatic rings. The van der Waals surface area contributed by atoms with Crippen LogP contribution in [0.25, 0.3) is 0 Å². The van der Waals surface area contributed by atoms with Gasteiger partial charge < -0.3 is 5.32 Å². The molecule has 1 amide bonds. The molecule has 0 radical (unpaired) electrons. The molecule has 3 rings (SSSR count). The molecule has 3 aromatic rings. The van der Waals surface area contributed by atoms with Gasteiger partial charge >= 0.3 is 0 Å². The first-order valence-corrected chi connectivity index (χ1v) is 14.0. The number of amides is 1. The predicted molar refractivity (Wildman–Crippen MR) is 141 cm³/mol. The van der Waals surface area contributed by atoms with Crippen LogP contribution in [0.5, 0.6) is 0 Å². The van der Waals surface area contributed by atoms with E-state index in [1.165, 1.54) is 60.9 Å². The Morgan fingerprint density at radius 1 is 0.688 bits per heavy atom. The van der Waals surface area contributed by atoms with Crippen LogP contribution < -0.4 is 21.2 Å². The van der Waals surface area contributed by atoms with Crippen molar-refractivity contribution in [1.29, 1.82) is 0 Å². The van der Waals surface area contributed by atoms with Crippen molar-refractivity contribution in [2.24, 2.45) is 0 Å². The number of carbonyl (C=O) groups excluding carboxylic acids is 1. The van der Waals surface area contributed by atoms with Crippen molar-refractivity contribution in [3.05, 3.63) is 90.5 Å². The Bertz CT molecular complexity index is 916. The van der Waals surface area contributed by atoms with Crippen molar-refractivity contribution in [1.82, 2.24) is 5.32 Å². The fourth-order valence-corrected chi connectivity index (χ4v) is 9.21. The van der Waals surface area contributed by atoms with E-state index in [9.17, 15) is 4.79 Å². The summed E-state index contributed by atoms with van der Waals surface area (Å²) < 4.78 is 0. The van der Waals surface area contributed by atoms with Gasteiger partial charge in [-0.3, -0.25) is 4.79 Å². The highest BCUT2D eigenvalue weighted by atomic mass is 31.2. The third-order valence-electron chi connectivity index (χ3n) is 6.28. The van der Waals surface area contributed by atoms with E-state index in [0.29, 0.717) is 0 Å². The number of benzene rings is 3. The van der Waals surface area contributed by atoms with Crippen LogP contribution in [0.2, 0.25) is 0 Å². The first-order valence-electron chi connectivity index (χ1n) is 12.0. The van der Waals surface area contributed by atoms with E-state index >= 15 is 0 Å². The zero-order valence-electron chi connectivity index (χ0n) is 19.6. The summed E-state index contributed by atoms with van der Waals surface area (Å²) in [5.74, 6) is -0.00333. The summed E-state index contributed by atoms with van der Waals surface area (Å²) in [4.78, 5) is 12.9. The molecule has 0 aromatic heterocycles. The number of nitrogens with one attached hydrogen (secondary N) is 1. The van der Waals surface area contributed by atoms with Crippen molar-refractivity contribution in [3.63, 3.8) is 0 Å². The molecule has 0 aliphatic carbocycles. The van der Waals surface area contributed by atoms with Crippen LogP contribution in [0.4, 0.5) is 0 Å². The lowest BCUT2D eigenvalue weighted by Gasteiger charge is -2.29. The molecule has 168 valence electrons. The maximum Gasteiger partial charge on any atom is 0.255 e. The van der Waals surface area contributed by atoms with Crippen LogP contribution in [-0.4, -0.2) is 19.1 Å². The van der Waals surface area contributed by atoms with Gasteiger partial charge in [-0.1, -0.05) is 87.6 Å². The largest absolute Gasteiger partial charge is 0.355 e. The topological polar surface area (TPSA) is 29.1 Å². The van der Waals surface area contributed by atoms with E-state index in [4.69, 9.17) is 0 Å². The summed E-state index contributed by atoms with van der Waals surface area (Å²) in [6, 6.07) is 30.0. The van der Waals surface area contributed by atoms with Crippen LogP contribution in [-0.2, 0) is 0 Å². The Hall–Kier alpha value is -2.44. The minimum absolute atomic E-state index is 0.00333. The molecule has 0 unspecified atom stereocenters. The number of hydrogen-bond donors (Lipinski definition) is 1. The second-order valence-corrected chi connectivity index (χ2v) is 12.0. The Morgan fingerprint density at radius 3 is 1.75 bits per heavy atom. The summed E-state index contributed by atoms with van der Waals surface area (Å²) in [5.41, 5.74) is 0.805. The third-order valence-corrected chi connectivity index (χ3v) is 10.8. The average molecular weight is 447 g/mol. The number of unbranched alkanes of at least 4 members (excludes halogenated alkanes) is 6. The SMILES string of the molecule is CCCCCCCCC[P+](c1ccccc1)(c1ccccc1)c1ccccc1C(=O)NC. The lowest BCUT2D eigenvalue weighted by molar-refractivity contribution is 0.0964. The van der Waals surface area contributed by atoms with Crippen molar-refractivity contribution in [2.45, 2.75) is 51.9 Å². The lowest BCUT2D eigenvalue weighted by atomic mass is 10.1. The second kappa shape index (κ2) is 12.6. The van der Waals surface area contributed by atoms with E-state index in [0.717, 1.165) is 11.7 Å². The minimum atomic E-state index is -1.98. The van der Waals surface area contributed by atoms with Gasteiger partial charge in [0.25, 0.3) is 5.91 Å². The van der Waals surface area contributed by atoms with Gasteiger partial charge in [0.15, 0.2) is 0 Å². The Kier molecular flexibility index (Phi) is 9.50. The lowest BCUT2D eigenvalue weighted by Crippen LogP contribution is -2.37. The highest BCUT2D eigenvalue weighted by Crippen LogP contribution is 2.56. The molecule has 0 aliphatic heterocycles. The average Bonchev–Trinajstić information content (AvgIpc) is 2.86. The van der Waals surface area contributed by atoms with Crippen LogP contribution in [0.1, 0.15) is 62.2 Å². The van der Waals surface area contributed by atoms with E-state index in [-0.39, 0.29) is 5.91 Å². The molecule has 0 saturated carbocycles. The number of carbonyl (C=O) groups is 1. The van der Waals surface area contributed by atoms with E-state index in [1.54, 1.807) is 7.05 Å². The highest BCUT2D eigenvalue weighted by Gasteiger charge is 2.46. The molecular formula is C29H37NOP+. The van der Waals surface area contributed by atoms with E-state index in [2.05, 4.69) is 85.0 Å². The second-order valence-electron chi connectivity index (χ2n) is 8.42. The summed E-state index contributed by atoms with van der Waals surface area (Å²) in [7, 11) is -0.257. The van der Waals surface area contributed by atoms with Crippen LogP contribution in [0, 0.1) is 0 Å². The number of rotatable bonds is 12. The first-order chi connectivity index (χ1) is 15.7. The summed E-state index contributed by atoms with van der Waals surface area (Å²) in [5, 5.41) is 6.78.